The molecule has 1 aliphatic rings. The SMILES string of the molecule is COc1ccc2c(c1)-c1sc(NC(C)=O)c(C(N)=O)c1CCC2. The van der Waals surface area contributed by atoms with Crippen molar-refractivity contribution in [2.75, 3.05) is 12.4 Å². The third kappa shape index (κ3) is 2.82. The van der Waals surface area contributed by atoms with Crippen molar-refractivity contribution in [2.45, 2.75) is 26.2 Å². The van der Waals surface area contributed by atoms with Gasteiger partial charge in [-0.15, -0.1) is 11.3 Å². The first-order chi connectivity index (χ1) is 11.0. The molecule has 120 valence electrons. The number of nitrogens with one attached hydrogen (secondary N) is 1. The van der Waals surface area contributed by atoms with Gasteiger partial charge in [0.1, 0.15) is 10.8 Å². The fourth-order valence-electron chi connectivity index (χ4n) is 3.00. The number of benzene rings is 1. The van der Waals surface area contributed by atoms with Crippen LogP contribution in [0.4, 0.5) is 5.00 Å². The zero-order chi connectivity index (χ0) is 16.6. The van der Waals surface area contributed by atoms with Crippen LogP contribution in [0.25, 0.3) is 10.4 Å². The number of fused-ring (bicyclic) bond motifs is 3. The Labute approximate surface area is 138 Å². The first-order valence-electron chi connectivity index (χ1n) is 7.41. The lowest BCUT2D eigenvalue weighted by molar-refractivity contribution is -0.114. The number of carbonyl (C=O) groups is 2. The van der Waals surface area contributed by atoms with E-state index in [2.05, 4.69) is 11.4 Å². The summed E-state index contributed by atoms with van der Waals surface area (Å²) >= 11 is 1.41. The normalized spacial score (nSPS) is 12.8. The van der Waals surface area contributed by atoms with Gasteiger partial charge in [0.05, 0.1) is 12.7 Å². The monoisotopic (exact) mass is 330 g/mol. The average molecular weight is 330 g/mol. The van der Waals surface area contributed by atoms with Crippen LogP contribution in [0.1, 0.15) is 34.8 Å². The minimum Gasteiger partial charge on any atom is -0.497 e. The lowest BCUT2D eigenvalue weighted by atomic mass is 10.0. The molecule has 3 rings (SSSR count). The molecule has 6 heteroatoms. The number of ether oxygens (including phenoxy) is 1. The summed E-state index contributed by atoms with van der Waals surface area (Å²) in [5.74, 6) is 0.0547. The second kappa shape index (κ2) is 6.04. The van der Waals surface area contributed by atoms with E-state index in [1.54, 1.807) is 7.11 Å². The van der Waals surface area contributed by atoms with Crippen molar-refractivity contribution in [3.8, 4) is 16.2 Å². The van der Waals surface area contributed by atoms with Crippen LogP contribution in [0, 0.1) is 0 Å². The molecule has 0 fully saturated rings. The van der Waals surface area contributed by atoms with E-state index < -0.39 is 5.91 Å². The number of rotatable bonds is 3. The molecule has 0 saturated heterocycles. The molecular formula is C17H18N2O3S. The number of nitrogens with two attached hydrogens (primary N) is 1. The number of aryl methyl sites for hydroxylation is 1. The van der Waals surface area contributed by atoms with Crippen LogP contribution < -0.4 is 15.8 Å². The summed E-state index contributed by atoms with van der Waals surface area (Å²) in [7, 11) is 1.63. The van der Waals surface area contributed by atoms with E-state index in [4.69, 9.17) is 10.5 Å². The molecule has 3 N–H and O–H groups in total. The molecule has 2 aromatic rings. The summed E-state index contributed by atoms with van der Waals surface area (Å²) in [6, 6.07) is 5.99. The molecule has 1 aromatic heterocycles. The predicted octanol–water partition coefficient (Wildman–Crippen LogP) is 2.97. The van der Waals surface area contributed by atoms with Crippen LogP contribution in [-0.2, 0) is 17.6 Å². The Hall–Kier alpha value is -2.34. The fourth-order valence-corrected chi connectivity index (χ4v) is 4.35. The molecule has 0 spiro atoms. The van der Waals surface area contributed by atoms with Crippen LogP contribution in [0.2, 0.25) is 0 Å². The number of methoxy groups -OCH3 is 1. The van der Waals surface area contributed by atoms with Gasteiger partial charge >= 0.3 is 0 Å². The maximum absolute atomic E-state index is 11.9. The highest BCUT2D eigenvalue weighted by atomic mass is 32.1. The third-order valence-corrected chi connectivity index (χ3v) is 5.16. The minimum atomic E-state index is -0.502. The Morgan fingerprint density at radius 2 is 2.09 bits per heavy atom. The summed E-state index contributed by atoms with van der Waals surface area (Å²) in [5.41, 5.74) is 9.22. The van der Waals surface area contributed by atoms with E-state index in [-0.39, 0.29) is 5.91 Å². The van der Waals surface area contributed by atoms with Gasteiger partial charge in [-0.05, 0) is 48.1 Å². The number of amides is 2. The van der Waals surface area contributed by atoms with Crippen molar-refractivity contribution in [3.05, 3.63) is 34.9 Å². The molecular weight excluding hydrogens is 312 g/mol. The molecule has 5 nitrogen and oxygen atoms in total. The Bertz CT molecular complexity index is 795. The maximum atomic E-state index is 11.9. The molecule has 0 saturated carbocycles. The number of hydrogen-bond acceptors (Lipinski definition) is 4. The van der Waals surface area contributed by atoms with Crippen molar-refractivity contribution >= 4 is 28.2 Å². The van der Waals surface area contributed by atoms with Gasteiger partial charge < -0.3 is 15.8 Å². The first kappa shape index (κ1) is 15.6. The maximum Gasteiger partial charge on any atom is 0.252 e. The zero-order valence-electron chi connectivity index (χ0n) is 13.1. The lowest BCUT2D eigenvalue weighted by Gasteiger charge is -2.08. The highest BCUT2D eigenvalue weighted by Gasteiger charge is 2.26. The highest BCUT2D eigenvalue weighted by Crippen LogP contribution is 2.45. The van der Waals surface area contributed by atoms with Crippen LogP contribution in [-0.4, -0.2) is 18.9 Å². The number of thiophene rings is 1. The van der Waals surface area contributed by atoms with Crippen molar-refractivity contribution in [3.63, 3.8) is 0 Å². The van der Waals surface area contributed by atoms with Crippen molar-refractivity contribution in [1.82, 2.24) is 0 Å². The molecule has 0 atom stereocenters. The number of carbonyl (C=O) groups excluding carboxylic acids is 2. The van der Waals surface area contributed by atoms with Gasteiger partial charge in [-0.1, -0.05) is 6.07 Å². The molecule has 0 unspecified atom stereocenters. The second-order valence-corrected chi connectivity index (χ2v) is 6.56. The molecule has 1 aliphatic carbocycles. The van der Waals surface area contributed by atoms with Crippen molar-refractivity contribution in [2.24, 2.45) is 5.73 Å². The number of primary amides is 1. The minimum absolute atomic E-state index is 0.213. The molecule has 0 bridgehead atoms. The van der Waals surface area contributed by atoms with E-state index in [1.165, 1.54) is 23.8 Å². The van der Waals surface area contributed by atoms with Gasteiger partial charge in [-0.2, -0.15) is 0 Å². The molecule has 0 radical (unpaired) electrons. The van der Waals surface area contributed by atoms with Crippen molar-refractivity contribution in [1.29, 1.82) is 0 Å². The second-order valence-electron chi connectivity index (χ2n) is 5.54. The van der Waals surface area contributed by atoms with E-state index in [9.17, 15) is 9.59 Å². The van der Waals surface area contributed by atoms with Crippen LogP contribution >= 0.6 is 11.3 Å². The van der Waals surface area contributed by atoms with Gasteiger partial charge in [0, 0.05) is 11.8 Å². The van der Waals surface area contributed by atoms with Crippen molar-refractivity contribution < 1.29 is 14.3 Å². The number of hydrogen-bond donors (Lipinski definition) is 2. The quantitative estimate of drug-likeness (QED) is 0.908. The molecule has 1 aromatic carbocycles. The Balaban J connectivity index is 2.24. The summed E-state index contributed by atoms with van der Waals surface area (Å²) in [4.78, 5) is 24.4. The topological polar surface area (TPSA) is 81.4 Å². The van der Waals surface area contributed by atoms with Gasteiger partial charge in [0.2, 0.25) is 5.91 Å². The van der Waals surface area contributed by atoms with Crippen LogP contribution in [0.15, 0.2) is 18.2 Å². The molecule has 2 amide bonds. The molecule has 1 heterocycles. The van der Waals surface area contributed by atoms with Crippen LogP contribution in [0.3, 0.4) is 0 Å². The summed E-state index contributed by atoms with van der Waals surface area (Å²) in [5, 5.41) is 3.27. The summed E-state index contributed by atoms with van der Waals surface area (Å²) in [6.07, 6.45) is 2.64. The average Bonchev–Trinajstić information content (AvgIpc) is 2.75. The largest absolute Gasteiger partial charge is 0.497 e. The Morgan fingerprint density at radius 3 is 2.74 bits per heavy atom. The van der Waals surface area contributed by atoms with Gasteiger partial charge in [0.15, 0.2) is 0 Å². The molecule has 23 heavy (non-hydrogen) atoms. The van der Waals surface area contributed by atoms with Gasteiger partial charge in [0.25, 0.3) is 5.91 Å². The number of anilines is 1. The first-order valence-corrected chi connectivity index (χ1v) is 8.23. The predicted molar refractivity (Wildman–Crippen MR) is 91.2 cm³/mol. The smallest absolute Gasteiger partial charge is 0.252 e. The van der Waals surface area contributed by atoms with E-state index in [0.29, 0.717) is 10.6 Å². The zero-order valence-corrected chi connectivity index (χ0v) is 13.9. The van der Waals surface area contributed by atoms with E-state index in [0.717, 1.165) is 41.0 Å². The third-order valence-electron chi connectivity index (χ3n) is 3.98. The summed E-state index contributed by atoms with van der Waals surface area (Å²) < 4.78 is 5.33. The summed E-state index contributed by atoms with van der Waals surface area (Å²) in [6.45, 7) is 1.42. The lowest BCUT2D eigenvalue weighted by Crippen LogP contribution is -2.16. The van der Waals surface area contributed by atoms with Gasteiger partial charge in [-0.3, -0.25) is 9.59 Å². The van der Waals surface area contributed by atoms with E-state index in [1.807, 2.05) is 12.1 Å². The molecule has 0 aliphatic heterocycles. The standard InChI is InChI=1S/C17H18N2O3S/c1-9(20)19-17-14(16(18)21)12-5-3-4-10-6-7-11(22-2)8-13(10)15(12)23-17/h6-8H,3-5H2,1-2H3,(H2,18,21)(H,19,20). The Morgan fingerprint density at radius 1 is 1.30 bits per heavy atom. The van der Waals surface area contributed by atoms with Crippen LogP contribution in [0.5, 0.6) is 5.75 Å². The Kier molecular flexibility index (Phi) is 4.09. The fraction of sp³-hybridized carbons (Fsp3) is 0.294. The highest BCUT2D eigenvalue weighted by molar-refractivity contribution is 7.20. The van der Waals surface area contributed by atoms with Gasteiger partial charge in [-0.25, -0.2) is 0 Å². The van der Waals surface area contributed by atoms with E-state index >= 15 is 0 Å².